The third-order valence-corrected chi connectivity index (χ3v) is 2.84. The highest BCUT2D eigenvalue weighted by Gasteiger charge is 2.17. The first-order valence-corrected chi connectivity index (χ1v) is 5.66. The van der Waals surface area contributed by atoms with E-state index in [0.717, 1.165) is 10.9 Å². The van der Waals surface area contributed by atoms with Crippen molar-refractivity contribution in [3.8, 4) is 5.88 Å². The Morgan fingerprint density at radius 1 is 1.28 bits per heavy atom. The summed E-state index contributed by atoms with van der Waals surface area (Å²) in [6.45, 7) is 0.0140. The summed E-state index contributed by atoms with van der Waals surface area (Å²) in [6.07, 6.45) is -1.95. The Hall–Kier alpha value is -1.69. The SMILES string of the molecule is COc1ccc2cc(C(O)C(O)CN)ccc2n1. The number of ether oxygens (including phenoxy) is 1. The van der Waals surface area contributed by atoms with Crippen LogP contribution in [0.25, 0.3) is 10.9 Å². The first-order chi connectivity index (χ1) is 8.65. The van der Waals surface area contributed by atoms with Gasteiger partial charge in [0, 0.05) is 18.0 Å². The maximum atomic E-state index is 9.87. The molecule has 0 saturated carbocycles. The van der Waals surface area contributed by atoms with Crippen LogP contribution in [0.4, 0.5) is 0 Å². The molecule has 96 valence electrons. The van der Waals surface area contributed by atoms with E-state index in [1.807, 2.05) is 6.07 Å². The fourth-order valence-corrected chi connectivity index (χ4v) is 1.77. The van der Waals surface area contributed by atoms with E-state index >= 15 is 0 Å². The smallest absolute Gasteiger partial charge is 0.213 e. The Balaban J connectivity index is 2.38. The molecule has 5 nitrogen and oxygen atoms in total. The number of hydrogen-bond acceptors (Lipinski definition) is 5. The van der Waals surface area contributed by atoms with Gasteiger partial charge in [-0.3, -0.25) is 0 Å². The molecule has 0 amide bonds. The Kier molecular flexibility index (Phi) is 3.76. The number of methoxy groups -OCH3 is 1. The zero-order valence-electron chi connectivity index (χ0n) is 10.1. The van der Waals surface area contributed by atoms with Crippen molar-refractivity contribution in [2.24, 2.45) is 5.73 Å². The molecule has 4 N–H and O–H groups in total. The first-order valence-electron chi connectivity index (χ1n) is 5.66. The number of aliphatic hydroxyl groups excluding tert-OH is 2. The highest BCUT2D eigenvalue weighted by molar-refractivity contribution is 5.79. The monoisotopic (exact) mass is 248 g/mol. The largest absolute Gasteiger partial charge is 0.481 e. The van der Waals surface area contributed by atoms with Gasteiger partial charge in [0.15, 0.2) is 0 Å². The summed E-state index contributed by atoms with van der Waals surface area (Å²) in [6, 6.07) is 8.88. The minimum atomic E-state index is -0.985. The van der Waals surface area contributed by atoms with E-state index in [4.69, 9.17) is 10.5 Å². The zero-order chi connectivity index (χ0) is 13.1. The average Bonchev–Trinajstić information content (AvgIpc) is 2.44. The van der Waals surface area contributed by atoms with Gasteiger partial charge in [0.1, 0.15) is 6.10 Å². The fraction of sp³-hybridized carbons (Fsp3) is 0.308. The molecule has 0 spiro atoms. The van der Waals surface area contributed by atoms with Gasteiger partial charge in [-0.1, -0.05) is 6.07 Å². The predicted octanol–water partition coefficient (Wildman–Crippen LogP) is 0.596. The molecule has 0 aliphatic rings. The molecule has 0 aliphatic carbocycles. The highest BCUT2D eigenvalue weighted by atomic mass is 16.5. The average molecular weight is 248 g/mol. The molecule has 1 aromatic carbocycles. The van der Waals surface area contributed by atoms with Crippen LogP contribution in [0.1, 0.15) is 11.7 Å². The van der Waals surface area contributed by atoms with Crippen molar-refractivity contribution in [2.45, 2.75) is 12.2 Å². The predicted molar refractivity (Wildman–Crippen MR) is 68.3 cm³/mol. The first kappa shape index (κ1) is 12.8. The number of aliphatic hydroxyl groups is 2. The second-order valence-electron chi connectivity index (χ2n) is 4.05. The molecular formula is C13H16N2O3. The molecule has 0 aliphatic heterocycles. The Morgan fingerprint density at radius 2 is 2.06 bits per heavy atom. The van der Waals surface area contributed by atoms with Gasteiger partial charge in [0.25, 0.3) is 0 Å². The van der Waals surface area contributed by atoms with Crippen molar-refractivity contribution in [2.75, 3.05) is 13.7 Å². The molecule has 2 rings (SSSR count). The van der Waals surface area contributed by atoms with Gasteiger partial charge >= 0.3 is 0 Å². The van der Waals surface area contributed by atoms with E-state index in [1.54, 1.807) is 31.4 Å². The maximum Gasteiger partial charge on any atom is 0.213 e. The molecule has 0 saturated heterocycles. The summed E-state index contributed by atoms with van der Waals surface area (Å²) >= 11 is 0. The minimum absolute atomic E-state index is 0.0140. The molecule has 18 heavy (non-hydrogen) atoms. The topological polar surface area (TPSA) is 88.6 Å². The Morgan fingerprint density at radius 3 is 2.72 bits per heavy atom. The lowest BCUT2D eigenvalue weighted by molar-refractivity contribution is 0.0244. The van der Waals surface area contributed by atoms with Crippen molar-refractivity contribution >= 4 is 10.9 Å². The number of pyridine rings is 1. The molecule has 1 heterocycles. The van der Waals surface area contributed by atoms with Crippen molar-refractivity contribution in [1.82, 2.24) is 4.98 Å². The van der Waals surface area contributed by atoms with Crippen LogP contribution in [-0.4, -0.2) is 35.0 Å². The molecule has 1 aromatic heterocycles. The molecule has 2 unspecified atom stereocenters. The molecule has 2 atom stereocenters. The highest BCUT2D eigenvalue weighted by Crippen LogP contribution is 2.23. The van der Waals surface area contributed by atoms with Crippen LogP contribution in [0, 0.1) is 0 Å². The summed E-state index contributed by atoms with van der Waals surface area (Å²) in [5.41, 5.74) is 6.71. The van der Waals surface area contributed by atoms with E-state index in [9.17, 15) is 10.2 Å². The van der Waals surface area contributed by atoms with Crippen LogP contribution in [0.5, 0.6) is 5.88 Å². The number of benzene rings is 1. The summed E-state index contributed by atoms with van der Waals surface area (Å²) < 4.78 is 5.04. The minimum Gasteiger partial charge on any atom is -0.481 e. The summed E-state index contributed by atoms with van der Waals surface area (Å²) in [7, 11) is 1.56. The Labute approximate surface area is 105 Å². The molecule has 0 fully saturated rings. The molecular weight excluding hydrogens is 232 g/mol. The molecule has 0 bridgehead atoms. The zero-order valence-corrected chi connectivity index (χ0v) is 10.1. The van der Waals surface area contributed by atoms with Gasteiger partial charge in [0.05, 0.1) is 18.7 Å². The van der Waals surface area contributed by atoms with Crippen LogP contribution < -0.4 is 10.5 Å². The summed E-state index contributed by atoms with van der Waals surface area (Å²) in [4.78, 5) is 4.27. The maximum absolute atomic E-state index is 9.87. The number of fused-ring (bicyclic) bond motifs is 1. The van der Waals surface area contributed by atoms with Crippen molar-refractivity contribution in [3.05, 3.63) is 35.9 Å². The van der Waals surface area contributed by atoms with E-state index in [2.05, 4.69) is 4.98 Å². The van der Waals surface area contributed by atoms with Gasteiger partial charge in [-0.15, -0.1) is 0 Å². The van der Waals surface area contributed by atoms with Crippen LogP contribution in [-0.2, 0) is 0 Å². The lowest BCUT2D eigenvalue weighted by Gasteiger charge is -2.16. The number of aromatic nitrogens is 1. The Bertz CT molecular complexity index is 545. The van der Waals surface area contributed by atoms with E-state index in [-0.39, 0.29) is 6.54 Å². The number of rotatable bonds is 4. The van der Waals surface area contributed by atoms with E-state index < -0.39 is 12.2 Å². The summed E-state index contributed by atoms with van der Waals surface area (Å²) in [5.74, 6) is 0.540. The number of nitrogens with zero attached hydrogens (tertiary/aromatic N) is 1. The second-order valence-corrected chi connectivity index (χ2v) is 4.05. The normalized spacial score (nSPS) is 14.4. The van der Waals surface area contributed by atoms with Gasteiger partial charge in [-0.25, -0.2) is 4.98 Å². The van der Waals surface area contributed by atoms with E-state index in [0.29, 0.717) is 11.4 Å². The van der Waals surface area contributed by atoms with Gasteiger partial charge in [-0.05, 0) is 23.8 Å². The van der Waals surface area contributed by atoms with Crippen molar-refractivity contribution in [3.63, 3.8) is 0 Å². The third kappa shape index (κ3) is 2.43. The molecule has 0 radical (unpaired) electrons. The molecule has 5 heteroatoms. The fourth-order valence-electron chi connectivity index (χ4n) is 1.77. The van der Waals surface area contributed by atoms with Crippen molar-refractivity contribution < 1.29 is 14.9 Å². The number of hydrogen-bond donors (Lipinski definition) is 3. The molecule has 2 aromatic rings. The van der Waals surface area contributed by atoms with Crippen LogP contribution in [0.15, 0.2) is 30.3 Å². The lowest BCUT2D eigenvalue weighted by Crippen LogP contribution is -2.27. The van der Waals surface area contributed by atoms with Gasteiger partial charge < -0.3 is 20.7 Å². The second kappa shape index (κ2) is 5.30. The van der Waals surface area contributed by atoms with Gasteiger partial charge in [0.2, 0.25) is 5.88 Å². The van der Waals surface area contributed by atoms with Crippen molar-refractivity contribution in [1.29, 1.82) is 0 Å². The lowest BCUT2D eigenvalue weighted by atomic mass is 10.0. The quantitative estimate of drug-likeness (QED) is 0.737. The van der Waals surface area contributed by atoms with Crippen LogP contribution in [0.2, 0.25) is 0 Å². The van der Waals surface area contributed by atoms with E-state index in [1.165, 1.54) is 0 Å². The van der Waals surface area contributed by atoms with Gasteiger partial charge in [-0.2, -0.15) is 0 Å². The van der Waals surface area contributed by atoms with Crippen LogP contribution >= 0.6 is 0 Å². The summed E-state index contributed by atoms with van der Waals surface area (Å²) in [5, 5.41) is 20.3. The van der Waals surface area contributed by atoms with Crippen LogP contribution in [0.3, 0.4) is 0 Å². The number of nitrogens with two attached hydrogens (primary N) is 1. The standard InChI is InChI=1S/C13H16N2O3/c1-18-12-5-3-8-6-9(2-4-10(8)15-12)13(17)11(16)7-14/h2-6,11,13,16-17H,7,14H2,1H3. The third-order valence-electron chi connectivity index (χ3n) is 2.84.